The molecule has 25 heavy (non-hydrogen) atoms. The second kappa shape index (κ2) is 7.37. The van der Waals surface area contributed by atoms with Crippen LogP contribution in [0.5, 0.6) is 5.75 Å². The van der Waals surface area contributed by atoms with Gasteiger partial charge < -0.3 is 9.64 Å². The molecule has 1 unspecified atom stereocenters. The van der Waals surface area contributed by atoms with E-state index in [0.29, 0.717) is 6.54 Å². The van der Waals surface area contributed by atoms with Crippen LogP contribution in [0.25, 0.3) is 10.2 Å². The Kier molecular flexibility index (Phi) is 5.20. The molecule has 0 saturated carbocycles. The molecule has 1 aromatic heterocycles. The van der Waals surface area contributed by atoms with Gasteiger partial charge >= 0.3 is 0 Å². The van der Waals surface area contributed by atoms with Crippen molar-refractivity contribution in [1.29, 1.82) is 0 Å². The predicted molar refractivity (Wildman–Crippen MR) is 97.6 cm³/mol. The average molecular weight is 379 g/mol. The number of nitrogens with zero attached hydrogens (tertiary/aromatic N) is 2. The number of amides is 1. The van der Waals surface area contributed by atoms with Gasteiger partial charge in [0.05, 0.1) is 21.8 Å². The number of carbonyl (C=O) groups is 1. The van der Waals surface area contributed by atoms with Crippen LogP contribution in [0, 0.1) is 5.82 Å². The average Bonchev–Trinajstić information content (AvgIpc) is 2.98. The van der Waals surface area contributed by atoms with Crippen LogP contribution in [0.2, 0.25) is 5.02 Å². The molecule has 3 aromatic rings. The van der Waals surface area contributed by atoms with Gasteiger partial charge in [-0.05, 0) is 37.3 Å². The monoisotopic (exact) mass is 378 g/mol. The number of hydrogen-bond acceptors (Lipinski definition) is 4. The maximum Gasteiger partial charge on any atom is 0.263 e. The number of rotatable bonds is 5. The van der Waals surface area contributed by atoms with Gasteiger partial charge in [0.15, 0.2) is 6.10 Å². The molecule has 0 bridgehead atoms. The summed E-state index contributed by atoms with van der Waals surface area (Å²) in [6.07, 6.45) is -0.748. The fourth-order valence-corrected chi connectivity index (χ4v) is 3.62. The van der Waals surface area contributed by atoms with E-state index < -0.39 is 11.9 Å². The van der Waals surface area contributed by atoms with E-state index in [0.717, 1.165) is 21.3 Å². The Morgan fingerprint density at radius 2 is 2.12 bits per heavy atom. The van der Waals surface area contributed by atoms with Gasteiger partial charge in [0.1, 0.15) is 16.6 Å². The third-order valence-corrected chi connectivity index (χ3v) is 4.95. The molecule has 0 aliphatic carbocycles. The number of halogens is 2. The highest BCUT2D eigenvalue weighted by atomic mass is 35.5. The summed E-state index contributed by atoms with van der Waals surface area (Å²) in [5, 5.41) is 0.984. The first-order valence-corrected chi connectivity index (χ1v) is 8.84. The number of para-hydroxylation sites is 1. The van der Waals surface area contributed by atoms with E-state index in [9.17, 15) is 9.18 Å². The number of likely N-dealkylation sites (N-methyl/N-ethyl adjacent to an activating group) is 1. The molecule has 0 radical (unpaired) electrons. The van der Waals surface area contributed by atoms with Crippen molar-refractivity contribution in [2.75, 3.05) is 7.05 Å². The first-order chi connectivity index (χ1) is 11.9. The molecule has 0 fully saturated rings. The number of hydrogen-bond donors (Lipinski definition) is 0. The van der Waals surface area contributed by atoms with Gasteiger partial charge in [0.25, 0.3) is 5.91 Å². The van der Waals surface area contributed by atoms with Crippen LogP contribution in [-0.2, 0) is 11.3 Å². The Morgan fingerprint density at radius 3 is 2.84 bits per heavy atom. The van der Waals surface area contributed by atoms with Crippen LogP contribution in [-0.4, -0.2) is 28.9 Å². The number of ether oxygens (including phenoxy) is 1. The molecule has 0 aliphatic rings. The van der Waals surface area contributed by atoms with Gasteiger partial charge in [0.2, 0.25) is 0 Å². The van der Waals surface area contributed by atoms with Crippen LogP contribution >= 0.6 is 22.9 Å². The first kappa shape index (κ1) is 17.6. The standard InChI is InChI=1S/C18H16ClFN2O2S/c1-11(24-15-8-7-12(20)9-13(15)19)18(23)22(2)10-17-21-14-5-3-4-6-16(14)25-17/h3-9,11H,10H2,1-2H3. The maximum absolute atomic E-state index is 13.1. The summed E-state index contributed by atoms with van der Waals surface area (Å²) in [5.74, 6) is -0.388. The van der Waals surface area contributed by atoms with Crippen molar-refractivity contribution in [1.82, 2.24) is 9.88 Å². The lowest BCUT2D eigenvalue weighted by Gasteiger charge is -2.21. The Labute approximate surface area is 153 Å². The number of carbonyl (C=O) groups excluding carboxylic acids is 1. The Balaban J connectivity index is 1.66. The maximum atomic E-state index is 13.1. The lowest BCUT2D eigenvalue weighted by Crippen LogP contribution is -2.37. The Morgan fingerprint density at radius 1 is 1.36 bits per heavy atom. The lowest BCUT2D eigenvalue weighted by molar-refractivity contribution is -0.137. The Bertz CT molecular complexity index is 882. The lowest BCUT2D eigenvalue weighted by atomic mass is 10.3. The zero-order valence-corrected chi connectivity index (χ0v) is 15.3. The van der Waals surface area contributed by atoms with E-state index in [1.807, 2.05) is 24.3 Å². The molecule has 2 aromatic carbocycles. The summed E-state index contributed by atoms with van der Waals surface area (Å²) < 4.78 is 19.7. The normalized spacial score (nSPS) is 12.2. The molecule has 1 atom stereocenters. The first-order valence-electron chi connectivity index (χ1n) is 7.65. The molecule has 7 heteroatoms. The molecule has 1 heterocycles. The van der Waals surface area contributed by atoms with Gasteiger partial charge in [-0.3, -0.25) is 4.79 Å². The summed E-state index contributed by atoms with van der Waals surface area (Å²) in [6, 6.07) is 11.6. The molecule has 4 nitrogen and oxygen atoms in total. The molecular weight excluding hydrogens is 363 g/mol. The van der Waals surface area contributed by atoms with Crippen molar-refractivity contribution < 1.29 is 13.9 Å². The van der Waals surface area contributed by atoms with Gasteiger partial charge in [-0.15, -0.1) is 11.3 Å². The van der Waals surface area contributed by atoms with Gasteiger partial charge in [0, 0.05) is 7.05 Å². The fourth-order valence-electron chi connectivity index (χ4n) is 2.39. The zero-order chi connectivity index (χ0) is 18.0. The minimum Gasteiger partial charge on any atom is -0.479 e. The zero-order valence-electron chi connectivity index (χ0n) is 13.7. The molecule has 0 saturated heterocycles. The van der Waals surface area contributed by atoms with Gasteiger partial charge in [-0.25, -0.2) is 9.37 Å². The second-order valence-corrected chi connectivity index (χ2v) is 7.13. The molecule has 0 N–H and O–H groups in total. The minimum absolute atomic E-state index is 0.133. The summed E-state index contributed by atoms with van der Waals surface area (Å²) in [4.78, 5) is 18.6. The van der Waals surface area contributed by atoms with E-state index in [1.54, 1.807) is 30.2 Å². The number of benzene rings is 2. The molecule has 0 aliphatic heterocycles. The highest BCUT2D eigenvalue weighted by molar-refractivity contribution is 7.18. The molecule has 130 valence electrons. The third kappa shape index (κ3) is 4.08. The summed E-state index contributed by atoms with van der Waals surface area (Å²) >= 11 is 7.49. The summed E-state index contributed by atoms with van der Waals surface area (Å²) in [5.41, 5.74) is 0.922. The highest BCUT2D eigenvalue weighted by Crippen LogP contribution is 2.26. The van der Waals surface area contributed by atoms with Crippen molar-refractivity contribution in [2.24, 2.45) is 0 Å². The minimum atomic E-state index is -0.748. The topological polar surface area (TPSA) is 42.4 Å². The van der Waals surface area contributed by atoms with Crippen LogP contribution in [0.1, 0.15) is 11.9 Å². The largest absolute Gasteiger partial charge is 0.479 e. The van der Waals surface area contributed by atoms with Crippen LogP contribution in [0.3, 0.4) is 0 Å². The summed E-state index contributed by atoms with van der Waals surface area (Å²) in [7, 11) is 1.69. The summed E-state index contributed by atoms with van der Waals surface area (Å²) in [6.45, 7) is 2.03. The van der Waals surface area contributed by atoms with Crippen molar-refractivity contribution in [3.05, 3.63) is 58.3 Å². The second-order valence-electron chi connectivity index (χ2n) is 5.60. The van der Waals surface area contributed by atoms with Crippen molar-refractivity contribution in [2.45, 2.75) is 19.6 Å². The van der Waals surface area contributed by atoms with Crippen molar-refractivity contribution >= 4 is 39.1 Å². The van der Waals surface area contributed by atoms with Crippen LogP contribution < -0.4 is 4.74 Å². The van der Waals surface area contributed by atoms with Crippen LogP contribution in [0.4, 0.5) is 4.39 Å². The molecule has 0 spiro atoms. The molecule has 3 rings (SSSR count). The van der Waals surface area contributed by atoms with Crippen LogP contribution in [0.15, 0.2) is 42.5 Å². The van der Waals surface area contributed by atoms with E-state index in [2.05, 4.69) is 4.98 Å². The molecular formula is C18H16ClFN2O2S. The number of aromatic nitrogens is 1. The molecule has 1 amide bonds. The van der Waals surface area contributed by atoms with E-state index >= 15 is 0 Å². The van der Waals surface area contributed by atoms with Crippen molar-refractivity contribution in [3.8, 4) is 5.75 Å². The van der Waals surface area contributed by atoms with E-state index in [1.165, 1.54) is 12.1 Å². The third-order valence-electron chi connectivity index (χ3n) is 3.63. The Hall–Kier alpha value is -2.18. The van der Waals surface area contributed by atoms with Gasteiger partial charge in [-0.1, -0.05) is 23.7 Å². The van der Waals surface area contributed by atoms with Gasteiger partial charge in [-0.2, -0.15) is 0 Å². The predicted octanol–water partition coefficient (Wildman–Crippen LogP) is 4.51. The number of thiazole rings is 1. The highest BCUT2D eigenvalue weighted by Gasteiger charge is 2.21. The SMILES string of the molecule is CC(Oc1ccc(F)cc1Cl)C(=O)N(C)Cc1nc2ccccc2s1. The smallest absolute Gasteiger partial charge is 0.263 e. The quantitative estimate of drug-likeness (QED) is 0.655. The van der Waals surface area contributed by atoms with E-state index in [4.69, 9.17) is 16.3 Å². The number of fused-ring (bicyclic) bond motifs is 1. The van der Waals surface area contributed by atoms with E-state index in [-0.39, 0.29) is 16.7 Å². The van der Waals surface area contributed by atoms with Crippen molar-refractivity contribution in [3.63, 3.8) is 0 Å². The fraction of sp³-hybridized carbons (Fsp3) is 0.222.